The summed E-state index contributed by atoms with van der Waals surface area (Å²) in [4.78, 5) is 4.53. The van der Waals surface area contributed by atoms with Gasteiger partial charge in [0.1, 0.15) is 0 Å². The van der Waals surface area contributed by atoms with Crippen LogP contribution in [0.5, 0.6) is 0 Å². The molecule has 1 aromatic carbocycles. The van der Waals surface area contributed by atoms with Crippen molar-refractivity contribution in [2.24, 2.45) is 11.7 Å². The van der Waals surface area contributed by atoms with Gasteiger partial charge < -0.3 is 11.1 Å². The summed E-state index contributed by atoms with van der Waals surface area (Å²) >= 11 is 0. The fraction of sp³-hybridized carbons (Fsp3) is 0.471. The van der Waals surface area contributed by atoms with Crippen LogP contribution in [-0.2, 0) is 0 Å². The third-order valence-electron chi connectivity index (χ3n) is 4.31. The normalized spacial score (nSPS) is 22.9. The van der Waals surface area contributed by atoms with Crippen LogP contribution in [-0.4, -0.2) is 17.6 Å². The van der Waals surface area contributed by atoms with Crippen LogP contribution in [0.25, 0.3) is 10.9 Å². The van der Waals surface area contributed by atoms with E-state index in [1.807, 2.05) is 6.92 Å². The van der Waals surface area contributed by atoms with E-state index >= 15 is 0 Å². The molecule has 20 heavy (non-hydrogen) atoms. The summed E-state index contributed by atoms with van der Waals surface area (Å²) < 4.78 is 0. The average Bonchev–Trinajstić information content (AvgIpc) is 2.46. The fourth-order valence-corrected chi connectivity index (χ4v) is 2.99. The Morgan fingerprint density at radius 1 is 1.15 bits per heavy atom. The highest BCUT2D eigenvalue weighted by Gasteiger charge is 2.18. The monoisotopic (exact) mass is 269 g/mol. The predicted molar refractivity (Wildman–Crippen MR) is 84.9 cm³/mol. The topological polar surface area (TPSA) is 50.9 Å². The molecule has 3 heteroatoms. The lowest BCUT2D eigenvalue weighted by molar-refractivity contribution is 0.339. The lowest BCUT2D eigenvalue weighted by atomic mass is 9.86. The second-order valence-corrected chi connectivity index (χ2v) is 6.02. The van der Waals surface area contributed by atoms with Crippen molar-refractivity contribution in [3.63, 3.8) is 0 Å². The first kappa shape index (κ1) is 13.4. The van der Waals surface area contributed by atoms with Gasteiger partial charge in [-0.2, -0.15) is 0 Å². The molecule has 0 atom stereocenters. The van der Waals surface area contributed by atoms with Crippen LogP contribution < -0.4 is 11.1 Å². The number of pyridine rings is 1. The zero-order valence-electron chi connectivity index (χ0n) is 12.1. The van der Waals surface area contributed by atoms with Gasteiger partial charge in [0.25, 0.3) is 0 Å². The molecule has 0 unspecified atom stereocenters. The molecule has 0 bridgehead atoms. The van der Waals surface area contributed by atoms with Gasteiger partial charge in [0.15, 0.2) is 0 Å². The molecule has 2 aromatic rings. The summed E-state index contributed by atoms with van der Waals surface area (Å²) in [5, 5.41) is 4.77. The quantitative estimate of drug-likeness (QED) is 0.897. The molecule has 106 valence electrons. The van der Waals surface area contributed by atoms with Gasteiger partial charge in [-0.05, 0) is 62.8 Å². The minimum atomic E-state index is 0.432. The summed E-state index contributed by atoms with van der Waals surface area (Å²) in [5.41, 5.74) is 9.28. The zero-order valence-corrected chi connectivity index (χ0v) is 12.1. The number of rotatable bonds is 3. The third-order valence-corrected chi connectivity index (χ3v) is 4.31. The van der Waals surface area contributed by atoms with Crippen molar-refractivity contribution >= 4 is 16.6 Å². The molecule has 0 aliphatic heterocycles. The third kappa shape index (κ3) is 3.10. The number of hydrogen-bond acceptors (Lipinski definition) is 3. The van der Waals surface area contributed by atoms with E-state index in [0.717, 1.165) is 23.7 Å². The number of nitrogens with zero attached hydrogens (tertiary/aromatic N) is 1. The highest BCUT2D eigenvalue weighted by molar-refractivity contribution is 5.82. The van der Waals surface area contributed by atoms with Gasteiger partial charge in [-0.25, -0.2) is 0 Å². The van der Waals surface area contributed by atoms with E-state index in [0.29, 0.717) is 6.04 Å². The Labute approximate surface area is 120 Å². The van der Waals surface area contributed by atoms with Crippen LogP contribution >= 0.6 is 0 Å². The first-order valence-electron chi connectivity index (χ1n) is 7.57. The van der Waals surface area contributed by atoms with Crippen molar-refractivity contribution in [2.75, 3.05) is 11.9 Å². The van der Waals surface area contributed by atoms with E-state index in [4.69, 9.17) is 5.73 Å². The number of anilines is 1. The van der Waals surface area contributed by atoms with Crippen molar-refractivity contribution in [1.29, 1.82) is 0 Å². The molecule has 1 aromatic heterocycles. The highest BCUT2D eigenvalue weighted by Crippen LogP contribution is 2.24. The van der Waals surface area contributed by atoms with Crippen LogP contribution in [0, 0.1) is 12.8 Å². The number of fused-ring (bicyclic) bond motifs is 1. The SMILES string of the molecule is Cc1ccc2cc(NCC3CCC(N)CC3)ccc2n1. The van der Waals surface area contributed by atoms with Gasteiger partial charge in [-0.15, -0.1) is 0 Å². The van der Waals surface area contributed by atoms with E-state index in [1.165, 1.54) is 36.8 Å². The Hall–Kier alpha value is -1.61. The van der Waals surface area contributed by atoms with Crippen molar-refractivity contribution < 1.29 is 0 Å². The van der Waals surface area contributed by atoms with Gasteiger partial charge in [0.05, 0.1) is 5.52 Å². The number of aromatic nitrogens is 1. The van der Waals surface area contributed by atoms with Crippen LogP contribution in [0.2, 0.25) is 0 Å². The van der Waals surface area contributed by atoms with Crippen LogP contribution in [0.1, 0.15) is 31.4 Å². The van der Waals surface area contributed by atoms with Crippen LogP contribution in [0.3, 0.4) is 0 Å². The lowest BCUT2D eigenvalue weighted by Crippen LogP contribution is -2.29. The molecule has 0 amide bonds. The fourth-order valence-electron chi connectivity index (χ4n) is 2.99. The minimum absolute atomic E-state index is 0.432. The molecule has 0 radical (unpaired) electrons. The Kier molecular flexibility index (Phi) is 3.88. The van der Waals surface area contributed by atoms with Crippen molar-refractivity contribution in [1.82, 2.24) is 4.98 Å². The van der Waals surface area contributed by atoms with E-state index in [2.05, 4.69) is 40.6 Å². The summed E-state index contributed by atoms with van der Waals surface area (Å²) in [6.45, 7) is 3.08. The number of hydrogen-bond donors (Lipinski definition) is 2. The largest absolute Gasteiger partial charge is 0.385 e. The molecule has 1 fully saturated rings. The van der Waals surface area contributed by atoms with Crippen molar-refractivity contribution in [3.8, 4) is 0 Å². The molecule has 0 saturated heterocycles. The van der Waals surface area contributed by atoms with Crippen LogP contribution in [0.4, 0.5) is 5.69 Å². The van der Waals surface area contributed by atoms with Crippen LogP contribution in [0.15, 0.2) is 30.3 Å². The average molecular weight is 269 g/mol. The van der Waals surface area contributed by atoms with Crippen molar-refractivity contribution in [2.45, 2.75) is 38.6 Å². The molecule has 3 rings (SSSR count). The Bertz CT molecular complexity index is 586. The van der Waals surface area contributed by atoms with E-state index in [9.17, 15) is 0 Å². The lowest BCUT2D eigenvalue weighted by Gasteiger charge is -2.26. The molecule has 0 spiro atoms. The first-order chi connectivity index (χ1) is 9.70. The number of benzene rings is 1. The van der Waals surface area contributed by atoms with E-state index in [1.54, 1.807) is 0 Å². The van der Waals surface area contributed by atoms with E-state index in [-0.39, 0.29) is 0 Å². The molecule has 1 aliphatic carbocycles. The number of nitrogens with two attached hydrogens (primary N) is 1. The van der Waals surface area contributed by atoms with Gasteiger partial charge in [0, 0.05) is 29.4 Å². The molecule has 1 saturated carbocycles. The first-order valence-corrected chi connectivity index (χ1v) is 7.57. The molecule has 3 nitrogen and oxygen atoms in total. The maximum Gasteiger partial charge on any atom is 0.0706 e. The van der Waals surface area contributed by atoms with E-state index < -0.39 is 0 Å². The smallest absolute Gasteiger partial charge is 0.0706 e. The summed E-state index contributed by atoms with van der Waals surface area (Å²) in [5.74, 6) is 0.765. The van der Waals surface area contributed by atoms with Gasteiger partial charge >= 0.3 is 0 Å². The second kappa shape index (κ2) is 5.80. The molecule has 1 aliphatic rings. The molecular formula is C17H23N3. The Morgan fingerprint density at radius 3 is 2.75 bits per heavy atom. The maximum absolute atomic E-state index is 5.95. The maximum atomic E-state index is 5.95. The second-order valence-electron chi connectivity index (χ2n) is 6.02. The number of aryl methyl sites for hydroxylation is 1. The number of nitrogens with one attached hydrogen (secondary N) is 1. The molecular weight excluding hydrogens is 246 g/mol. The minimum Gasteiger partial charge on any atom is -0.385 e. The highest BCUT2D eigenvalue weighted by atomic mass is 14.9. The molecule has 3 N–H and O–H groups in total. The Morgan fingerprint density at radius 2 is 1.95 bits per heavy atom. The van der Waals surface area contributed by atoms with Gasteiger partial charge in [-0.1, -0.05) is 6.07 Å². The van der Waals surface area contributed by atoms with Crippen molar-refractivity contribution in [3.05, 3.63) is 36.0 Å². The van der Waals surface area contributed by atoms with Gasteiger partial charge in [0.2, 0.25) is 0 Å². The Balaban J connectivity index is 1.64. The van der Waals surface area contributed by atoms with Gasteiger partial charge in [-0.3, -0.25) is 4.98 Å². The molecule has 1 heterocycles. The summed E-state index contributed by atoms with van der Waals surface area (Å²) in [6, 6.07) is 11.1. The summed E-state index contributed by atoms with van der Waals surface area (Å²) in [6.07, 6.45) is 4.85. The predicted octanol–water partition coefficient (Wildman–Crippen LogP) is 3.47. The zero-order chi connectivity index (χ0) is 13.9. The standard InChI is InChI=1S/C17H23N3/c1-12-2-5-14-10-16(8-9-17(14)20-12)19-11-13-3-6-15(18)7-4-13/h2,5,8-10,13,15,19H,3-4,6-7,11,18H2,1H3. The summed E-state index contributed by atoms with van der Waals surface area (Å²) in [7, 11) is 0.